The summed E-state index contributed by atoms with van der Waals surface area (Å²) < 4.78 is 28.1. The van der Waals surface area contributed by atoms with Crippen molar-refractivity contribution in [3.63, 3.8) is 0 Å². The Balaban J connectivity index is 1.23. The molecule has 0 unspecified atom stereocenters. The molecule has 0 radical (unpaired) electrons. The molecule has 4 aliphatic rings. The third-order valence-corrected chi connectivity index (χ3v) is 15.1. The van der Waals surface area contributed by atoms with Crippen LogP contribution in [-0.4, -0.2) is 106 Å². The Labute approximate surface area is 457 Å². The fourth-order valence-electron chi connectivity index (χ4n) is 11.6. The number of hydrogen-bond donors (Lipinski definition) is 3. The Bertz CT molecular complexity index is 3280. The van der Waals surface area contributed by atoms with Gasteiger partial charge >= 0.3 is 23.9 Å². The normalized spacial score (nSPS) is 21.7. The predicted octanol–water partition coefficient (Wildman–Crippen LogP) is 7.37. The molecule has 4 aliphatic heterocycles. The average molecular weight is 1070 g/mol. The van der Waals surface area contributed by atoms with Gasteiger partial charge in [0.15, 0.2) is 5.92 Å². The number of nitrogens with zero attached hydrogens (tertiary/aromatic N) is 3. The molecule has 6 aromatic rings. The largest absolute Gasteiger partial charge is 0.491 e. The van der Waals surface area contributed by atoms with E-state index in [0.29, 0.717) is 54.4 Å². The summed E-state index contributed by atoms with van der Waals surface area (Å²) in [6.07, 6.45) is -1.29. The van der Waals surface area contributed by atoms with E-state index in [9.17, 15) is 14.7 Å². The van der Waals surface area contributed by atoms with Gasteiger partial charge in [-0.25, -0.2) is 9.69 Å². The summed E-state index contributed by atoms with van der Waals surface area (Å²) in [5.74, 6) is -0.745. The standard InChI is InChI=1S/C62H59N5O12/c1-39(41-16-7-4-8-17-41)63-61(74)66-50-30-25-40(15-13-24-48(57(70)75-2)58(71)76-3)37-49(50)62(60(66)73)51(56(69)64-45-26-28-46(29-27-45)65-31-34-77-35-32-65)53-59(72)79-54(43-20-11-6-12-21-43)52(42-18-9-5-10-19-42)67(53)55(62)44-22-14-23-47(38-44)78-36-33-68/h4-12,14,16-23,25-30,37-39,48,51-55,68H,24,31-36H2,1-3H3,(H,63,74)(H,64,69)/t39-,51+,52+,53+,54-,55-,62+/m1/s1. The maximum atomic E-state index is 16.9. The number of hydrogen-bond acceptors (Lipinski definition) is 14. The van der Waals surface area contributed by atoms with Gasteiger partial charge in [-0.2, -0.15) is 0 Å². The number of nitrogens with one attached hydrogen (secondary N) is 2. The Morgan fingerprint density at radius 3 is 2.06 bits per heavy atom. The molecule has 10 rings (SSSR count). The number of aliphatic hydroxyl groups is 1. The van der Waals surface area contributed by atoms with Gasteiger partial charge in [-0.05, 0) is 89.3 Å². The second-order valence-corrected chi connectivity index (χ2v) is 19.6. The molecule has 79 heavy (non-hydrogen) atoms. The van der Waals surface area contributed by atoms with E-state index in [2.05, 4.69) is 27.4 Å². The molecule has 0 bridgehead atoms. The predicted molar refractivity (Wildman–Crippen MR) is 291 cm³/mol. The number of rotatable bonds is 14. The summed E-state index contributed by atoms with van der Waals surface area (Å²) in [5, 5.41) is 16.1. The zero-order valence-corrected chi connectivity index (χ0v) is 43.8. The fourth-order valence-corrected chi connectivity index (χ4v) is 11.6. The highest BCUT2D eigenvalue weighted by atomic mass is 16.6. The van der Waals surface area contributed by atoms with Gasteiger partial charge in [0.05, 0.1) is 63.8 Å². The highest BCUT2D eigenvalue weighted by Gasteiger charge is 2.75. The minimum Gasteiger partial charge on any atom is -0.491 e. The molecule has 1 spiro atoms. The first-order valence-corrected chi connectivity index (χ1v) is 26.1. The Morgan fingerprint density at radius 1 is 0.759 bits per heavy atom. The Hall–Kier alpha value is -8.82. The van der Waals surface area contributed by atoms with E-state index in [1.165, 1.54) is 0 Å². The van der Waals surface area contributed by atoms with Crippen molar-refractivity contribution in [3.8, 4) is 17.6 Å². The smallest absolute Gasteiger partial charge is 0.329 e. The van der Waals surface area contributed by atoms with E-state index in [4.69, 9.17) is 23.7 Å². The summed E-state index contributed by atoms with van der Waals surface area (Å²) in [4.78, 5) is 94.9. The van der Waals surface area contributed by atoms with Gasteiger partial charge in [0.2, 0.25) is 11.8 Å². The number of carbonyl (C=O) groups excluding carboxylic acids is 6. The number of fused-ring (bicyclic) bond motifs is 3. The summed E-state index contributed by atoms with van der Waals surface area (Å²) in [6, 6.07) is 41.8. The van der Waals surface area contributed by atoms with Crippen LogP contribution in [0, 0.1) is 23.7 Å². The molecule has 0 aromatic heterocycles. The molecular weight excluding hydrogens is 1010 g/mol. The van der Waals surface area contributed by atoms with Crippen LogP contribution in [0.15, 0.2) is 158 Å². The molecule has 0 saturated carbocycles. The van der Waals surface area contributed by atoms with E-state index >= 15 is 19.2 Å². The van der Waals surface area contributed by atoms with Crippen LogP contribution in [0.5, 0.6) is 5.75 Å². The molecule has 7 atom stereocenters. The first-order chi connectivity index (χ1) is 38.5. The van der Waals surface area contributed by atoms with Crippen molar-refractivity contribution in [2.75, 3.05) is 68.9 Å². The van der Waals surface area contributed by atoms with Crippen LogP contribution in [0.3, 0.4) is 0 Å². The van der Waals surface area contributed by atoms with Crippen LogP contribution < -0.4 is 25.2 Å². The number of benzene rings is 6. The molecule has 3 N–H and O–H groups in total. The van der Waals surface area contributed by atoms with Crippen molar-refractivity contribution in [3.05, 3.63) is 191 Å². The third-order valence-electron chi connectivity index (χ3n) is 15.1. The van der Waals surface area contributed by atoms with Gasteiger partial charge < -0.3 is 44.3 Å². The van der Waals surface area contributed by atoms with Crippen molar-refractivity contribution in [1.29, 1.82) is 0 Å². The number of anilines is 3. The molecule has 17 heteroatoms. The molecule has 3 fully saturated rings. The summed E-state index contributed by atoms with van der Waals surface area (Å²) in [7, 11) is 2.30. The zero-order valence-electron chi connectivity index (χ0n) is 43.8. The number of imide groups is 1. The Morgan fingerprint density at radius 2 is 1.41 bits per heavy atom. The van der Waals surface area contributed by atoms with Gasteiger partial charge in [-0.15, -0.1) is 0 Å². The second-order valence-electron chi connectivity index (χ2n) is 19.6. The van der Waals surface area contributed by atoms with Crippen LogP contribution in [0.2, 0.25) is 0 Å². The van der Waals surface area contributed by atoms with Crippen molar-refractivity contribution < 1.29 is 57.6 Å². The van der Waals surface area contributed by atoms with Crippen LogP contribution in [0.4, 0.5) is 21.9 Å². The maximum Gasteiger partial charge on any atom is 0.329 e. The van der Waals surface area contributed by atoms with E-state index in [0.717, 1.165) is 30.4 Å². The SMILES string of the molecule is COC(=O)C(CC#Cc1ccc2c(c1)[C@]1(C(=O)N2C(=O)N[C@H](C)c2ccccc2)[C@H](C(=O)Nc2ccc(N3CCOCC3)cc2)[C@H]2C(=O)O[C@H](c3ccccc3)[C@H](c3ccccc3)N2[C@@H]1c1cccc(OCCO)c1)C(=O)OC. The van der Waals surface area contributed by atoms with Crippen molar-refractivity contribution >= 4 is 52.8 Å². The summed E-state index contributed by atoms with van der Waals surface area (Å²) in [5.41, 5.74) is 2.22. The Kier molecular flexibility index (Phi) is 15.9. The van der Waals surface area contributed by atoms with Crippen molar-refractivity contribution in [2.45, 2.75) is 49.0 Å². The van der Waals surface area contributed by atoms with E-state index in [1.54, 1.807) is 61.5 Å². The number of esters is 3. The maximum absolute atomic E-state index is 16.9. The number of amides is 4. The van der Waals surface area contributed by atoms with Crippen LogP contribution in [0.1, 0.15) is 71.0 Å². The lowest BCUT2D eigenvalue weighted by molar-refractivity contribution is -0.178. The summed E-state index contributed by atoms with van der Waals surface area (Å²) >= 11 is 0. The lowest BCUT2D eigenvalue weighted by Crippen LogP contribution is -2.55. The highest BCUT2D eigenvalue weighted by Crippen LogP contribution is 2.66. The lowest BCUT2D eigenvalue weighted by atomic mass is 9.65. The quantitative estimate of drug-likeness (QED) is 0.0422. The lowest BCUT2D eigenvalue weighted by Gasteiger charge is -2.46. The number of aliphatic hydroxyl groups excluding tert-OH is 1. The summed E-state index contributed by atoms with van der Waals surface area (Å²) in [6.45, 7) is 3.90. The minimum atomic E-state index is -2.18. The highest BCUT2D eigenvalue weighted by molar-refractivity contribution is 6.25. The van der Waals surface area contributed by atoms with Gasteiger partial charge in [0.25, 0.3) is 0 Å². The molecule has 3 saturated heterocycles. The van der Waals surface area contributed by atoms with Gasteiger partial charge in [-0.1, -0.05) is 115 Å². The van der Waals surface area contributed by atoms with E-state index in [1.807, 2.05) is 108 Å². The second kappa shape index (κ2) is 23.4. The van der Waals surface area contributed by atoms with Crippen LogP contribution in [-0.2, 0) is 48.3 Å². The van der Waals surface area contributed by atoms with Crippen molar-refractivity contribution in [2.24, 2.45) is 11.8 Å². The van der Waals surface area contributed by atoms with E-state index < -0.39 is 83.3 Å². The number of carbonyl (C=O) groups is 6. The molecule has 4 heterocycles. The molecule has 6 aromatic carbocycles. The number of cyclic esters (lactones) is 1. The van der Waals surface area contributed by atoms with E-state index in [-0.39, 0.29) is 36.4 Å². The zero-order chi connectivity index (χ0) is 55.2. The number of ether oxygens (including phenoxy) is 5. The van der Waals surface area contributed by atoms with Gasteiger partial charge in [0, 0.05) is 36.4 Å². The van der Waals surface area contributed by atoms with Crippen molar-refractivity contribution in [1.82, 2.24) is 10.2 Å². The molecular formula is C62H59N5O12. The average Bonchev–Trinajstić information content (AvgIpc) is 2.03. The third kappa shape index (κ3) is 10.3. The first kappa shape index (κ1) is 53.6. The fraction of sp³-hybridized carbons (Fsp3) is 0.290. The topological polar surface area (TPSA) is 203 Å². The molecule has 4 amide bonds. The first-order valence-electron chi connectivity index (χ1n) is 26.1. The number of morpholine rings is 2. The minimum absolute atomic E-state index is 0.0693. The van der Waals surface area contributed by atoms with Gasteiger partial charge in [0.1, 0.15) is 29.9 Å². The molecule has 0 aliphatic carbocycles. The van der Waals surface area contributed by atoms with Gasteiger partial charge in [-0.3, -0.25) is 28.9 Å². The van der Waals surface area contributed by atoms with Crippen LogP contribution in [0.25, 0.3) is 0 Å². The molecule has 17 nitrogen and oxygen atoms in total. The molecule has 404 valence electrons. The number of urea groups is 1. The monoisotopic (exact) mass is 1070 g/mol. The van der Waals surface area contributed by atoms with Crippen LogP contribution >= 0.6 is 0 Å². The number of methoxy groups -OCH3 is 2.